The highest BCUT2D eigenvalue weighted by Gasteiger charge is 1.98. The van der Waals surface area contributed by atoms with Crippen LogP contribution >= 0.6 is 0 Å². The topological polar surface area (TPSA) is 38.3 Å². The number of unbranched alkanes of at least 4 members (excludes halogenated alkanes) is 2. The maximum absolute atomic E-state index is 10.8. The number of esters is 1. The van der Waals surface area contributed by atoms with Gasteiger partial charge in [0.05, 0.1) is 7.11 Å². The van der Waals surface area contributed by atoms with E-state index in [1.807, 2.05) is 18.2 Å². The van der Waals surface area contributed by atoms with Gasteiger partial charge in [0.2, 0.25) is 0 Å². The molecule has 1 N–H and O–H groups in total. The van der Waals surface area contributed by atoms with Crippen molar-refractivity contribution in [2.75, 3.05) is 13.7 Å². The van der Waals surface area contributed by atoms with Crippen LogP contribution in [-0.2, 0) is 16.1 Å². The minimum absolute atomic E-state index is 0.109. The maximum atomic E-state index is 10.8. The summed E-state index contributed by atoms with van der Waals surface area (Å²) >= 11 is 0. The second kappa shape index (κ2) is 8.76. The molecule has 0 radical (unpaired) electrons. The fraction of sp³-hybridized carbons (Fsp3) is 0.500. The summed E-state index contributed by atoms with van der Waals surface area (Å²) in [5.74, 6) is -0.109. The van der Waals surface area contributed by atoms with Gasteiger partial charge >= 0.3 is 5.97 Å². The molecule has 0 fully saturated rings. The second-order valence-electron chi connectivity index (χ2n) is 4.05. The summed E-state index contributed by atoms with van der Waals surface area (Å²) in [6.45, 7) is 1.91. The zero-order valence-corrected chi connectivity index (χ0v) is 10.4. The lowest BCUT2D eigenvalue weighted by atomic mass is 10.2. The van der Waals surface area contributed by atoms with Gasteiger partial charge in [-0.2, -0.15) is 0 Å². The molecular weight excluding hydrogens is 214 g/mol. The molecule has 0 spiro atoms. The fourth-order valence-corrected chi connectivity index (χ4v) is 1.63. The van der Waals surface area contributed by atoms with Crippen molar-refractivity contribution in [2.24, 2.45) is 0 Å². The molecule has 3 nitrogen and oxygen atoms in total. The predicted octanol–water partition coefficient (Wildman–Crippen LogP) is 2.51. The SMILES string of the molecule is COC(=O)CCCCCNCc1ccccc1. The van der Waals surface area contributed by atoms with Crippen LogP contribution in [-0.4, -0.2) is 19.6 Å². The smallest absolute Gasteiger partial charge is 0.305 e. The van der Waals surface area contributed by atoms with Gasteiger partial charge in [-0.25, -0.2) is 0 Å². The quantitative estimate of drug-likeness (QED) is 0.556. The van der Waals surface area contributed by atoms with E-state index in [0.29, 0.717) is 6.42 Å². The molecule has 0 saturated carbocycles. The summed E-state index contributed by atoms with van der Waals surface area (Å²) in [6.07, 6.45) is 3.62. The molecule has 17 heavy (non-hydrogen) atoms. The van der Waals surface area contributed by atoms with Crippen molar-refractivity contribution in [3.8, 4) is 0 Å². The molecule has 0 atom stereocenters. The van der Waals surface area contributed by atoms with E-state index < -0.39 is 0 Å². The largest absolute Gasteiger partial charge is 0.469 e. The van der Waals surface area contributed by atoms with Crippen LogP contribution in [0.1, 0.15) is 31.2 Å². The number of nitrogens with one attached hydrogen (secondary N) is 1. The molecule has 1 aromatic carbocycles. The molecule has 0 aliphatic carbocycles. The number of rotatable bonds is 8. The van der Waals surface area contributed by atoms with Crippen molar-refractivity contribution >= 4 is 5.97 Å². The Labute approximate surface area is 103 Å². The standard InChI is InChI=1S/C14H21NO2/c1-17-14(16)10-6-3-7-11-15-12-13-8-4-2-5-9-13/h2,4-5,8-9,15H,3,6-7,10-12H2,1H3. The molecule has 0 amide bonds. The first-order valence-corrected chi connectivity index (χ1v) is 6.14. The monoisotopic (exact) mass is 235 g/mol. The molecule has 3 heteroatoms. The van der Waals surface area contributed by atoms with E-state index in [-0.39, 0.29) is 5.97 Å². The lowest BCUT2D eigenvalue weighted by Gasteiger charge is -2.04. The molecule has 0 unspecified atom stereocenters. The Morgan fingerprint density at radius 3 is 2.65 bits per heavy atom. The second-order valence-corrected chi connectivity index (χ2v) is 4.05. The Morgan fingerprint density at radius 2 is 1.94 bits per heavy atom. The number of hydrogen-bond acceptors (Lipinski definition) is 3. The van der Waals surface area contributed by atoms with Crippen LogP contribution in [0.2, 0.25) is 0 Å². The van der Waals surface area contributed by atoms with Crippen molar-refractivity contribution in [1.82, 2.24) is 5.32 Å². The molecule has 0 aromatic heterocycles. The summed E-state index contributed by atoms with van der Waals surface area (Å²) in [6, 6.07) is 10.4. The zero-order valence-electron chi connectivity index (χ0n) is 10.4. The number of ether oxygens (including phenoxy) is 1. The third-order valence-electron chi connectivity index (χ3n) is 2.63. The average Bonchev–Trinajstić information content (AvgIpc) is 2.38. The first-order valence-electron chi connectivity index (χ1n) is 6.14. The molecule has 0 aliphatic heterocycles. The van der Waals surface area contributed by atoms with E-state index in [2.05, 4.69) is 22.2 Å². The molecular formula is C14H21NO2. The fourth-order valence-electron chi connectivity index (χ4n) is 1.63. The van der Waals surface area contributed by atoms with E-state index in [4.69, 9.17) is 0 Å². The van der Waals surface area contributed by atoms with Gasteiger partial charge in [-0.1, -0.05) is 36.8 Å². The highest BCUT2D eigenvalue weighted by atomic mass is 16.5. The Morgan fingerprint density at radius 1 is 1.18 bits per heavy atom. The Hall–Kier alpha value is -1.35. The third kappa shape index (κ3) is 6.74. The zero-order chi connectivity index (χ0) is 12.3. The first-order chi connectivity index (χ1) is 8.33. The maximum Gasteiger partial charge on any atom is 0.305 e. The van der Waals surface area contributed by atoms with Crippen molar-refractivity contribution in [3.05, 3.63) is 35.9 Å². The number of carbonyl (C=O) groups excluding carboxylic acids is 1. The number of methoxy groups -OCH3 is 1. The number of hydrogen-bond donors (Lipinski definition) is 1. The average molecular weight is 235 g/mol. The Kier molecular flexibility index (Phi) is 7.07. The number of carbonyl (C=O) groups is 1. The normalized spacial score (nSPS) is 10.2. The van der Waals surface area contributed by atoms with Crippen LogP contribution in [0.25, 0.3) is 0 Å². The molecule has 0 aliphatic rings. The molecule has 0 heterocycles. The van der Waals surface area contributed by atoms with Gasteiger partial charge in [-0.15, -0.1) is 0 Å². The minimum atomic E-state index is -0.109. The van der Waals surface area contributed by atoms with Crippen molar-refractivity contribution in [3.63, 3.8) is 0 Å². The predicted molar refractivity (Wildman–Crippen MR) is 68.6 cm³/mol. The van der Waals surface area contributed by atoms with Crippen LogP contribution < -0.4 is 5.32 Å². The van der Waals surface area contributed by atoms with Gasteiger partial charge in [-0.3, -0.25) is 4.79 Å². The summed E-state index contributed by atoms with van der Waals surface area (Å²) in [5.41, 5.74) is 1.31. The van der Waals surface area contributed by atoms with Gasteiger partial charge in [0, 0.05) is 13.0 Å². The van der Waals surface area contributed by atoms with Crippen molar-refractivity contribution in [1.29, 1.82) is 0 Å². The molecule has 0 saturated heterocycles. The first kappa shape index (κ1) is 13.7. The van der Waals surface area contributed by atoms with Crippen LogP contribution in [0.15, 0.2) is 30.3 Å². The molecule has 0 bridgehead atoms. The highest BCUT2D eigenvalue weighted by molar-refractivity contribution is 5.68. The van der Waals surface area contributed by atoms with E-state index in [0.717, 1.165) is 32.4 Å². The molecule has 1 aromatic rings. The van der Waals surface area contributed by atoms with Crippen molar-refractivity contribution in [2.45, 2.75) is 32.2 Å². The summed E-state index contributed by atoms with van der Waals surface area (Å²) in [7, 11) is 1.43. The van der Waals surface area contributed by atoms with Gasteiger partial charge in [0.15, 0.2) is 0 Å². The van der Waals surface area contributed by atoms with Gasteiger partial charge in [-0.05, 0) is 24.9 Å². The minimum Gasteiger partial charge on any atom is -0.469 e. The Balaban J connectivity index is 1.93. The van der Waals surface area contributed by atoms with Crippen LogP contribution in [0, 0.1) is 0 Å². The molecule has 94 valence electrons. The lowest BCUT2D eigenvalue weighted by Crippen LogP contribution is -2.14. The summed E-state index contributed by atoms with van der Waals surface area (Å²) in [5, 5.41) is 3.39. The van der Waals surface area contributed by atoms with Gasteiger partial charge in [0.25, 0.3) is 0 Å². The summed E-state index contributed by atoms with van der Waals surface area (Å²) in [4.78, 5) is 10.8. The van der Waals surface area contributed by atoms with Crippen molar-refractivity contribution < 1.29 is 9.53 Å². The Bertz CT molecular complexity index is 311. The van der Waals surface area contributed by atoms with Crippen LogP contribution in [0.3, 0.4) is 0 Å². The molecule has 1 rings (SSSR count). The highest BCUT2D eigenvalue weighted by Crippen LogP contribution is 2.01. The van der Waals surface area contributed by atoms with Crippen LogP contribution in [0.4, 0.5) is 0 Å². The van der Waals surface area contributed by atoms with Crippen LogP contribution in [0.5, 0.6) is 0 Å². The van der Waals surface area contributed by atoms with E-state index >= 15 is 0 Å². The third-order valence-corrected chi connectivity index (χ3v) is 2.63. The van der Waals surface area contributed by atoms with Gasteiger partial charge < -0.3 is 10.1 Å². The van der Waals surface area contributed by atoms with E-state index in [1.54, 1.807) is 0 Å². The van der Waals surface area contributed by atoms with Gasteiger partial charge in [0.1, 0.15) is 0 Å². The van der Waals surface area contributed by atoms with E-state index in [1.165, 1.54) is 12.7 Å². The lowest BCUT2D eigenvalue weighted by molar-refractivity contribution is -0.140. The van der Waals surface area contributed by atoms with E-state index in [9.17, 15) is 4.79 Å². The summed E-state index contributed by atoms with van der Waals surface area (Å²) < 4.78 is 4.58. The number of benzene rings is 1.